The first-order valence-electron chi connectivity index (χ1n) is 9.94. The molecule has 2 aromatic heterocycles. The minimum Gasteiger partial charge on any atom is -0.466 e. The molecule has 0 bridgehead atoms. The van der Waals surface area contributed by atoms with Gasteiger partial charge >= 0.3 is 5.97 Å². The summed E-state index contributed by atoms with van der Waals surface area (Å²) in [5.74, 6) is 0.634. The fraction of sp³-hybridized carbons (Fsp3) is 0.550. The average Bonchev–Trinajstić information content (AvgIpc) is 3.01. The normalized spacial score (nSPS) is 15.3. The van der Waals surface area contributed by atoms with Crippen molar-refractivity contribution in [2.24, 2.45) is 5.92 Å². The number of hydrogen-bond donors (Lipinski definition) is 1. The molecule has 156 valence electrons. The fourth-order valence-electron chi connectivity index (χ4n) is 3.52. The SMILES string of the molecule is CCOC(=O)C1CCN(CC(=O)Nc2cc(C)nn2-c2nc(C)cc(C)n2)CC1. The van der Waals surface area contributed by atoms with Gasteiger partial charge in [0.1, 0.15) is 5.82 Å². The second kappa shape index (κ2) is 9.13. The van der Waals surface area contributed by atoms with Crippen molar-refractivity contribution in [3.63, 3.8) is 0 Å². The lowest BCUT2D eigenvalue weighted by Gasteiger charge is -2.30. The Labute approximate surface area is 170 Å². The van der Waals surface area contributed by atoms with E-state index in [1.807, 2.05) is 38.7 Å². The Kier molecular flexibility index (Phi) is 6.58. The summed E-state index contributed by atoms with van der Waals surface area (Å²) < 4.78 is 6.65. The molecule has 29 heavy (non-hydrogen) atoms. The zero-order valence-electron chi connectivity index (χ0n) is 17.4. The summed E-state index contributed by atoms with van der Waals surface area (Å²) in [5, 5.41) is 7.34. The number of esters is 1. The maximum absolute atomic E-state index is 12.6. The number of amides is 1. The monoisotopic (exact) mass is 400 g/mol. The van der Waals surface area contributed by atoms with Crippen LogP contribution in [0.15, 0.2) is 12.1 Å². The zero-order chi connectivity index (χ0) is 21.0. The third-order valence-corrected chi connectivity index (χ3v) is 4.83. The van der Waals surface area contributed by atoms with E-state index in [4.69, 9.17) is 4.74 Å². The van der Waals surface area contributed by atoms with Gasteiger partial charge in [-0.1, -0.05) is 0 Å². The van der Waals surface area contributed by atoms with Gasteiger partial charge < -0.3 is 10.1 Å². The second-order valence-electron chi connectivity index (χ2n) is 7.38. The number of hydrogen-bond acceptors (Lipinski definition) is 7. The number of anilines is 1. The number of nitrogens with one attached hydrogen (secondary N) is 1. The van der Waals surface area contributed by atoms with Crippen molar-refractivity contribution in [1.82, 2.24) is 24.6 Å². The van der Waals surface area contributed by atoms with E-state index in [1.54, 1.807) is 10.7 Å². The Morgan fingerprint density at radius 1 is 1.10 bits per heavy atom. The van der Waals surface area contributed by atoms with E-state index in [2.05, 4.69) is 20.4 Å². The number of ether oxygens (including phenoxy) is 1. The smallest absolute Gasteiger partial charge is 0.309 e. The highest BCUT2D eigenvalue weighted by Crippen LogP contribution is 2.19. The van der Waals surface area contributed by atoms with Crippen LogP contribution in [0.2, 0.25) is 0 Å². The van der Waals surface area contributed by atoms with Gasteiger partial charge in [0.15, 0.2) is 0 Å². The lowest BCUT2D eigenvalue weighted by atomic mass is 9.97. The lowest BCUT2D eigenvalue weighted by molar-refractivity contribution is -0.149. The molecule has 0 aromatic carbocycles. The number of likely N-dealkylation sites (tertiary alicyclic amines) is 1. The van der Waals surface area contributed by atoms with E-state index in [1.165, 1.54) is 0 Å². The highest BCUT2D eigenvalue weighted by atomic mass is 16.5. The molecule has 0 saturated carbocycles. The Hall–Kier alpha value is -2.81. The number of aromatic nitrogens is 4. The summed E-state index contributed by atoms with van der Waals surface area (Å²) in [6, 6.07) is 3.68. The molecule has 3 heterocycles. The first-order chi connectivity index (χ1) is 13.9. The molecule has 1 aliphatic heterocycles. The average molecular weight is 400 g/mol. The minimum absolute atomic E-state index is 0.0694. The van der Waals surface area contributed by atoms with E-state index in [0.717, 1.165) is 17.1 Å². The van der Waals surface area contributed by atoms with Crippen LogP contribution >= 0.6 is 0 Å². The minimum atomic E-state index is -0.135. The van der Waals surface area contributed by atoms with Crippen molar-refractivity contribution in [2.75, 3.05) is 31.6 Å². The van der Waals surface area contributed by atoms with E-state index in [9.17, 15) is 9.59 Å². The van der Waals surface area contributed by atoms with Gasteiger partial charge in [0.05, 0.1) is 24.8 Å². The van der Waals surface area contributed by atoms with Crippen molar-refractivity contribution < 1.29 is 14.3 Å². The predicted molar refractivity (Wildman–Crippen MR) is 108 cm³/mol. The van der Waals surface area contributed by atoms with Crippen LogP contribution in [0, 0.1) is 26.7 Å². The standard InChI is InChI=1S/C20H28N6O3/c1-5-29-19(28)16-6-8-25(9-7-16)12-18(27)23-17-11-15(4)24-26(17)20-21-13(2)10-14(3)22-20/h10-11,16H,5-9,12H2,1-4H3,(H,23,27). The Bertz CT molecular complexity index is 866. The van der Waals surface area contributed by atoms with Gasteiger partial charge in [0.2, 0.25) is 5.91 Å². The molecule has 0 spiro atoms. The summed E-state index contributed by atoms with van der Waals surface area (Å²) in [7, 11) is 0. The Morgan fingerprint density at radius 2 is 1.76 bits per heavy atom. The van der Waals surface area contributed by atoms with E-state index in [-0.39, 0.29) is 24.3 Å². The molecule has 0 unspecified atom stereocenters. The van der Waals surface area contributed by atoms with Gasteiger partial charge in [0, 0.05) is 17.5 Å². The van der Waals surface area contributed by atoms with Crippen molar-refractivity contribution in [3.05, 3.63) is 29.2 Å². The summed E-state index contributed by atoms with van der Waals surface area (Å²) in [5.41, 5.74) is 2.43. The van der Waals surface area contributed by atoms with Crippen molar-refractivity contribution in [3.8, 4) is 5.95 Å². The molecule has 1 fully saturated rings. The third-order valence-electron chi connectivity index (χ3n) is 4.83. The van der Waals surface area contributed by atoms with Gasteiger partial charge in [-0.2, -0.15) is 9.78 Å². The topological polar surface area (TPSA) is 102 Å². The largest absolute Gasteiger partial charge is 0.466 e. The number of nitrogens with zero attached hydrogens (tertiary/aromatic N) is 5. The molecule has 1 N–H and O–H groups in total. The molecule has 0 aliphatic carbocycles. The van der Waals surface area contributed by atoms with Gasteiger partial charge in [-0.05, 0) is 59.7 Å². The molecule has 9 nitrogen and oxygen atoms in total. The van der Waals surface area contributed by atoms with Crippen LogP contribution < -0.4 is 5.32 Å². The molecular formula is C20H28N6O3. The van der Waals surface area contributed by atoms with Crippen LogP contribution in [0.1, 0.15) is 36.8 Å². The quantitative estimate of drug-likeness (QED) is 0.738. The van der Waals surface area contributed by atoms with Gasteiger partial charge in [0.25, 0.3) is 5.95 Å². The molecule has 1 saturated heterocycles. The first-order valence-corrected chi connectivity index (χ1v) is 9.94. The van der Waals surface area contributed by atoms with Crippen LogP contribution in [0.5, 0.6) is 0 Å². The number of carbonyl (C=O) groups excluding carboxylic acids is 2. The molecule has 0 radical (unpaired) electrons. The number of rotatable bonds is 6. The van der Waals surface area contributed by atoms with E-state index in [0.29, 0.717) is 44.3 Å². The highest BCUT2D eigenvalue weighted by Gasteiger charge is 2.27. The summed E-state index contributed by atoms with van der Waals surface area (Å²) in [6.07, 6.45) is 1.42. The van der Waals surface area contributed by atoms with Crippen LogP contribution in [0.4, 0.5) is 5.82 Å². The highest BCUT2D eigenvalue weighted by molar-refractivity contribution is 5.91. The first kappa shape index (κ1) is 20.9. The Morgan fingerprint density at radius 3 is 2.38 bits per heavy atom. The molecule has 1 amide bonds. The van der Waals surface area contributed by atoms with E-state index < -0.39 is 0 Å². The van der Waals surface area contributed by atoms with Crippen LogP contribution in [0.3, 0.4) is 0 Å². The number of carbonyl (C=O) groups is 2. The lowest BCUT2D eigenvalue weighted by Crippen LogP contribution is -2.41. The van der Waals surface area contributed by atoms with E-state index >= 15 is 0 Å². The van der Waals surface area contributed by atoms with Gasteiger partial charge in [-0.25, -0.2) is 9.97 Å². The van der Waals surface area contributed by atoms with Gasteiger partial charge in [-0.3, -0.25) is 14.5 Å². The van der Waals surface area contributed by atoms with Crippen LogP contribution in [-0.2, 0) is 14.3 Å². The molecule has 9 heteroatoms. The van der Waals surface area contributed by atoms with Gasteiger partial charge in [-0.15, -0.1) is 0 Å². The molecule has 1 aliphatic rings. The molecule has 2 aromatic rings. The summed E-state index contributed by atoms with van der Waals surface area (Å²) >= 11 is 0. The summed E-state index contributed by atoms with van der Waals surface area (Å²) in [4.78, 5) is 35.3. The second-order valence-corrected chi connectivity index (χ2v) is 7.38. The maximum Gasteiger partial charge on any atom is 0.309 e. The zero-order valence-corrected chi connectivity index (χ0v) is 17.4. The molecule has 3 rings (SSSR count). The van der Waals surface area contributed by atoms with Crippen molar-refractivity contribution >= 4 is 17.7 Å². The number of piperidine rings is 1. The predicted octanol–water partition coefficient (Wildman–Crippen LogP) is 1.80. The fourth-order valence-corrected chi connectivity index (χ4v) is 3.52. The van der Waals surface area contributed by atoms with Crippen molar-refractivity contribution in [2.45, 2.75) is 40.5 Å². The molecular weight excluding hydrogens is 372 g/mol. The third kappa shape index (κ3) is 5.38. The van der Waals surface area contributed by atoms with Crippen LogP contribution in [0.25, 0.3) is 5.95 Å². The van der Waals surface area contributed by atoms with Crippen molar-refractivity contribution in [1.29, 1.82) is 0 Å². The molecule has 0 atom stereocenters. The maximum atomic E-state index is 12.6. The number of aryl methyl sites for hydroxylation is 3. The van der Waals surface area contributed by atoms with Crippen LogP contribution in [-0.4, -0.2) is 62.8 Å². The summed E-state index contributed by atoms with van der Waals surface area (Å²) in [6.45, 7) is 9.50. The Balaban J connectivity index is 1.61.